The summed E-state index contributed by atoms with van der Waals surface area (Å²) in [7, 11) is 0. The number of halogens is 3. The number of amides is 1. The Balaban J connectivity index is 2.00. The smallest absolute Gasteiger partial charge is 0.422 e. The first-order valence-corrected chi connectivity index (χ1v) is 7.20. The largest absolute Gasteiger partial charge is 0.484 e. The molecular weight excluding hydrogens is 309 g/mol. The summed E-state index contributed by atoms with van der Waals surface area (Å²) in [4.78, 5) is 13.3. The van der Waals surface area contributed by atoms with Crippen LogP contribution in [0.1, 0.15) is 13.3 Å². The highest BCUT2D eigenvalue weighted by atomic mass is 19.4. The van der Waals surface area contributed by atoms with Gasteiger partial charge in [0.15, 0.2) is 6.61 Å². The van der Waals surface area contributed by atoms with E-state index in [9.17, 15) is 18.0 Å². The Morgan fingerprint density at radius 3 is 2.91 bits per heavy atom. The van der Waals surface area contributed by atoms with E-state index in [0.29, 0.717) is 18.8 Å². The number of likely N-dealkylation sites (tertiary alicyclic amines) is 1. The van der Waals surface area contributed by atoms with Crippen LogP contribution in [0.25, 0.3) is 0 Å². The van der Waals surface area contributed by atoms with Gasteiger partial charge >= 0.3 is 6.18 Å². The second-order valence-electron chi connectivity index (χ2n) is 5.83. The highest BCUT2D eigenvalue weighted by Crippen LogP contribution is 2.28. The van der Waals surface area contributed by atoms with Gasteiger partial charge in [0.05, 0.1) is 5.54 Å². The van der Waals surface area contributed by atoms with Gasteiger partial charge in [0, 0.05) is 24.8 Å². The van der Waals surface area contributed by atoms with Crippen LogP contribution in [-0.2, 0) is 4.79 Å². The van der Waals surface area contributed by atoms with Crippen molar-refractivity contribution in [3.05, 3.63) is 36.9 Å². The van der Waals surface area contributed by atoms with Crippen molar-refractivity contribution in [1.29, 1.82) is 0 Å². The molecule has 0 bridgehead atoms. The van der Waals surface area contributed by atoms with Crippen LogP contribution in [0.15, 0.2) is 36.9 Å². The fourth-order valence-corrected chi connectivity index (χ4v) is 2.56. The number of rotatable bonds is 5. The number of anilines is 1. The second-order valence-corrected chi connectivity index (χ2v) is 5.83. The normalized spacial score (nSPS) is 21.1. The molecular formula is C16H19F3N2O2. The number of benzene rings is 1. The molecule has 1 fully saturated rings. The SMILES string of the molecule is C=CC(=O)N1CCC(C)(Nc2cccc(OCC(F)(F)F)c2)C1. The molecule has 7 heteroatoms. The third-order valence-electron chi connectivity index (χ3n) is 3.64. The van der Waals surface area contributed by atoms with Crippen LogP contribution in [0.4, 0.5) is 18.9 Å². The quantitative estimate of drug-likeness (QED) is 0.844. The number of carbonyl (C=O) groups is 1. The lowest BCUT2D eigenvalue weighted by atomic mass is 10.0. The molecule has 1 N–H and O–H groups in total. The minimum Gasteiger partial charge on any atom is -0.484 e. The Morgan fingerprint density at radius 2 is 2.26 bits per heavy atom. The predicted molar refractivity (Wildman–Crippen MR) is 81.4 cm³/mol. The van der Waals surface area contributed by atoms with Gasteiger partial charge in [-0.3, -0.25) is 4.79 Å². The van der Waals surface area contributed by atoms with Crippen molar-refractivity contribution >= 4 is 11.6 Å². The fraction of sp³-hybridized carbons (Fsp3) is 0.438. The molecule has 1 atom stereocenters. The third-order valence-corrected chi connectivity index (χ3v) is 3.64. The van der Waals surface area contributed by atoms with Crippen LogP contribution < -0.4 is 10.1 Å². The summed E-state index contributed by atoms with van der Waals surface area (Å²) < 4.78 is 41.3. The van der Waals surface area contributed by atoms with Crippen LogP contribution >= 0.6 is 0 Å². The summed E-state index contributed by atoms with van der Waals surface area (Å²) in [5.41, 5.74) is 0.307. The van der Waals surface area contributed by atoms with E-state index in [1.54, 1.807) is 17.0 Å². The van der Waals surface area contributed by atoms with E-state index in [-0.39, 0.29) is 17.2 Å². The van der Waals surface area contributed by atoms with E-state index in [2.05, 4.69) is 11.9 Å². The van der Waals surface area contributed by atoms with E-state index in [1.807, 2.05) is 6.92 Å². The van der Waals surface area contributed by atoms with Crippen LogP contribution in [-0.4, -0.2) is 42.2 Å². The van der Waals surface area contributed by atoms with Gasteiger partial charge in [-0.1, -0.05) is 12.6 Å². The van der Waals surface area contributed by atoms with Crippen LogP contribution in [0.2, 0.25) is 0 Å². The Morgan fingerprint density at radius 1 is 1.52 bits per heavy atom. The summed E-state index contributed by atoms with van der Waals surface area (Å²) in [6.07, 6.45) is -2.36. The maximum Gasteiger partial charge on any atom is 0.422 e. The van der Waals surface area contributed by atoms with E-state index < -0.39 is 12.8 Å². The summed E-state index contributed by atoms with van der Waals surface area (Å²) in [6, 6.07) is 6.37. The van der Waals surface area contributed by atoms with E-state index in [4.69, 9.17) is 4.74 Å². The lowest BCUT2D eigenvalue weighted by molar-refractivity contribution is -0.153. The summed E-state index contributed by atoms with van der Waals surface area (Å²) in [5, 5.41) is 3.27. The first-order chi connectivity index (χ1) is 10.7. The molecule has 2 rings (SSSR count). The van der Waals surface area contributed by atoms with Gasteiger partial charge < -0.3 is 15.0 Å². The third kappa shape index (κ3) is 4.91. The van der Waals surface area contributed by atoms with Gasteiger partial charge in [0.2, 0.25) is 5.91 Å². The van der Waals surface area contributed by atoms with Crippen LogP contribution in [0.3, 0.4) is 0 Å². The average Bonchev–Trinajstić information content (AvgIpc) is 2.86. The number of hydrogen-bond donors (Lipinski definition) is 1. The van der Waals surface area contributed by atoms with Crippen molar-refractivity contribution in [2.45, 2.75) is 25.1 Å². The lowest BCUT2D eigenvalue weighted by Crippen LogP contribution is -2.39. The summed E-state index contributed by atoms with van der Waals surface area (Å²) in [5.74, 6) is 0.0192. The average molecular weight is 328 g/mol. The van der Waals surface area contributed by atoms with Crippen molar-refractivity contribution in [2.75, 3.05) is 25.0 Å². The van der Waals surface area contributed by atoms with Crippen molar-refractivity contribution in [2.24, 2.45) is 0 Å². The Bertz CT molecular complexity index is 589. The van der Waals surface area contributed by atoms with E-state index in [1.165, 1.54) is 18.2 Å². The van der Waals surface area contributed by atoms with Gasteiger partial charge in [-0.25, -0.2) is 0 Å². The zero-order valence-electron chi connectivity index (χ0n) is 12.8. The molecule has 0 aromatic heterocycles. The van der Waals surface area contributed by atoms with Crippen molar-refractivity contribution in [3.63, 3.8) is 0 Å². The molecule has 126 valence electrons. The first-order valence-electron chi connectivity index (χ1n) is 7.20. The van der Waals surface area contributed by atoms with Gasteiger partial charge in [-0.05, 0) is 31.6 Å². The molecule has 1 saturated heterocycles. The Kier molecular flexibility index (Phi) is 4.87. The number of ether oxygens (including phenoxy) is 1. The summed E-state index contributed by atoms with van der Waals surface area (Å²) >= 11 is 0. The fourth-order valence-electron chi connectivity index (χ4n) is 2.56. The van der Waals surface area contributed by atoms with Gasteiger partial charge in [0.1, 0.15) is 5.75 Å². The van der Waals surface area contributed by atoms with Gasteiger partial charge in [-0.15, -0.1) is 0 Å². The molecule has 1 unspecified atom stereocenters. The first kappa shape index (κ1) is 17.2. The predicted octanol–water partition coefficient (Wildman–Crippen LogP) is 3.22. The summed E-state index contributed by atoms with van der Waals surface area (Å²) in [6.45, 7) is 5.22. The minimum atomic E-state index is -4.37. The molecule has 1 aliphatic heterocycles. The molecule has 1 amide bonds. The molecule has 0 aliphatic carbocycles. The number of nitrogens with one attached hydrogen (secondary N) is 1. The zero-order chi connectivity index (χ0) is 17.1. The van der Waals surface area contributed by atoms with Crippen molar-refractivity contribution in [3.8, 4) is 5.75 Å². The Labute approximate surface area is 132 Å². The standard InChI is InChI=1S/C16H19F3N2O2/c1-3-14(22)21-8-7-15(2,10-21)20-12-5-4-6-13(9-12)23-11-16(17,18)19/h3-6,9,20H,1,7-8,10-11H2,2H3. The number of alkyl halides is 3. The zero-order valence-corrected chi connectivity index (χ0v) is 12.8. The molecule has 4 nitrogen and oxygen atoms in total. The topological polar surface area (TPSA) is 41.6 Å². The minimum absolute atomic E-state index is 0.127. The maximum absolute atomic E-state index is 12.2. The molecule has 0 saturated carbocycles. The van der Waals surface area contributed by atoms with Crippen LogP contribution in [0.5, 0.6) is 5.75 Å². The highest BCUT2D eigenvalue weighted by Gasteiger charge is 2.35. The second kappa shape index (κ2) is 6.52. The van der Waals surface area contributed by atoms with Crippen molar-refractivity contribution in [1.82, 2.24) is 4.90 Å². The monoisotopic (exact) mass is 328 g/mol. The van der Waals surface area contributed by atoms with Crippen LogP contribution in [0, 0.1) is 0 Å². The molecule has 1 heterocycles. The van der Waals surface area contributed by atoms with Crippen molar-refractivity contribution < 1.29 is 22.7 Å². The highest BCUT2D eigenvalue weighted by molar-refractivity contribution is 5.87. The molecule has 0 radical (unpaired) electrons. The number of carbonyl (C=O) groups excluding carboxylic acids is 1. The van der Waals surface area contributed by atoms with Gasteiger partial charge in [0.25, 0.3) is 0 Å². The molecule has 0 spiro atoms. The Hall–Kier alpha value is -2.18. The molecule has 23 heavy (non-hydrogen) atoms. The molecule has 1 aromatic carbocycles. The molecule has 1 aliphatic rings. The molecule has 1 aromatic rings. The van der Waals surface area contributed by atoms with E-state index in [0.717, 1.165) is 6.42 Å². The van der Waals surface area contributed by atoms with Gasteiger partial charge in [-0.2, -0.15) is 13.2 Å². The maximum atomic E-state index is 12.2. The van der Waals surface area contributed by atoms with E-state index >= 15 is 0 Å². The number of nitrogens with zero attached hydrogens (tertiary/aromatic N) is 1. The number of hydrogen-bond acceptors (Lipinski definition) is 3. The lowest BCUT2D eigenvalue weighted by Gasteiger charge is -2.27.